The Morgan fingerprint density at radius 1 is 1.18 bits per heavy atom. The third kappa shape index (κ3) is 2.46. The first kappa shape index (κ1) is 11.6. The zero-order valence-corrected chi connectivity index (χ0v) is 10.1. The first-order valence-electron chi connectivity index (χ1n) is 5.64. The molecule has 1 fully saturated rings. The van der Waals surface area contributed by atoms with Gasteiger partial charge in [-0.15, -0.1) is 0 Å². The van der Waals surface area contributed by atoms with Gasteiger partial charge < -0.3 is 9.80 Å². The molecule has 0 N–H and O–H groups in total. The number of nitrogens with zero attached hydrogens (tertiary/aromatic N) is 4. The largest absolute Gasteiger partial charge is 0.344 e. The normalized spacial score (nSPS) is 16.1. The minimum atomic E-state index is -0.124. The Bertz CT molecular complexity index is 432. The maximum Gasteiger partial charge on any atom is 0.344 e. The molecule has 1 aromatic heterocycles. The number of hydrogen-bond acceptors (Lipinski definition) is 3. The molecule has 0 unspecified atom stereocenters. The van der Waals surface area contributed by atoms with Crippen molar-refractivity contribution in [1.82, 2.24) is 19.6 Å². The monoisotopic (exact) mass is 236 g/mol. The third-order valence-corrected chi connectivity index (χ3v) is 2.90. The second-order valence-electron chi connectivity index (χ2n) is 4.24. The second kappa shape index (κ2) is 4.57. The predicted molar refractivity (Wildman–Crippen MR) is 61.6 cm³/mol. The Balaban J connectivity index is 1.97. The number of amides is 2. The molecule has 2 heterocycles. The van der Waals surface area contributed by atoms with Gasteiger partial charge in [-0.1, -0.05) is 0 Å². The molecule has 0 bridgehead atoms. The summed E-state index contributed by atoms with van der Waals surface area (Å²) in [5.74, 6) is 0.0621. The highest BCUT2D eigenvalue weighted by Crippen LogP contribution is 2.05. The van der Waals surface area contributed by atoms with Crippen molar-refractivity contribution in [3.05, 3.63) is 18.0 Å². The van der Waals surface area contributed by atoms with Crippen LogP contribution in [0.1, 0.15) is 12.5 Å². The quantitative estimate of drug-likeness (QED) is 0.652. The smallest absolute Gasteiger partial charge is 0.339 e. The molecule has 0 saturated carbocycles. The van der Waals surface area contributed by atoms with Crippen LogP contribution >= 0.6 is 0 Å². The van der Waals surface area contributed by atoms with E-state index in [0.29, 0.717) is 26.2 Å². The molecule has 1 aliphatic heterocycles. The molecule has 2 rings (SSSR count). The number of rotatable bonds is 0. The molecule has 6 nitrogen and oxygen atoms in total. The number of piperazine rings is 1. The molecule has 0 atom stereocenters. The highest BCUT2D eigenvalue weighted by molar-refractivity contribution is 5.77. The molecule has 92 valence electrons. The molecule has 0 radical (unpaired) electrons. The van der Waals surface area contributed by atoms with Gasteiger partial charge in [-0.3, -0.25) is 4.79 Å². The van der Waals surface area contributed by atoms with Crippen molar-refractivity contribution < 1.29 is 9.59 Å². The summed E-state index contributed by atoms with van der Waals surface area (Å²) in [6, 6.07) is -0.124. The summed E-state index contributed by atoms with van der Waals surface area (Å²) in [5.41, 5.74) is 0.959. The molecular formula is C11H16N4O2. The molecule has 17 heavy (non-hydrogen) atoms. The second-order valence-corrected chi connectivity index (χ2v) is 4.24. The Hall–Kier alpha value is -1.85. The fraction of sp³-hybridized carbons (Fsp3) is 0.545. The van der Waals surface area contributed by atoms with Crippen molar-refractivity contribution in [1.29, 1.82) is 0 Å². The van der Waals surface area contributed by atoms with Gasteiger partial charge in [0.15, 0.2) is 0 Å². The minimum absolute atomic E-state index is 0.0621. The Morgan fingerprint density at radius 2 is 1.76 bits per heavy atom. The summed E-state index contributed by atoms with van der Waals surface area (Å²) in [7, 11) is 0. The highest BCUT2D eigenvalue weighted by Gasteiger charge is 2.23. The summed E-state index contributed by atoms with van der Waals surface area (Å²) in [5, 5.41) is 3.99. The van der Waals surface area contributed by atoms with E-state index in [-0.39, 0.29) is 11.9 Å². The first-order chi connectivity index (χ1) is 8.08. The van der Waals surface area contributed by atoms with Gasteiger partial charge >= 0.3 is 6.03 Å². The van der Waals surface area contributed by atoms with Crippen LogP contribution in [-0.4, -0.2) is 57.7 Å². The molecule has 2 amide bonds. The van der Waals surface area contributed by atoms with Gasteiger partial charge in [-0.2, -0.15) is 9.78 Å². The summed E-state index contributed by atoms with van der Waals surface area (Å²) >= 11 is 0. The lowest BCUT2D eigenvalue weighted by Crippen LogP contribution is -2.51. The van der Waals surface area contributed by atoms with Crippen molar-refractivity contribution in [3.63, 3.8) is 0 Å². The standard InChI is InChI=1S/C11H16N4O2/c1-9-7-12-15(8-9)11(17)14-5-3-13(4-6-14)10(2)16/h7-8H,3-6H2,1-2H3. The van der Waals surface area contributed by atoms with E-state index >= 15 is 0 Å². The molecule has 0 aromatic carbocycles. The molecule has 6 heteroatoms. The minimum Gasteiger partial charge on any atom is -0.339 e. The van der Waals surface area contributed by atoms with Gasteiger partial charge in [0.05, 0.1) is 6.20 Å². The van der Waals surface area contributed by atoms with Crippen LogP contribution in [-0.2, 0) is 4.79 Å². The van der Waals surface area contributed by atoms with E-state index in [4.69, 9.17) is 0 Å². The van der Waals surface area contributed by atoms with Crippen LogP contribution in [0.15, 0.2) is 12.4 Å². The number of carbonyl (C=O) groups is 2. The van der Waals surface area contributed by atoms with Crippen molar-refractivity contribution in [2.24, 2.45) is 0 Å². The van der Waals surface area contributed by atoms with E-state index in [0.717, 1.165) is 5.56 Å². The van der Waals surface area contributed by atoms with Crippen LogP contribution in [0.25, 0.3) is 0 Å². The Kier molecular flexibility index (Phi) is 3.12. The van der Waals surface area contributed by atoms with Crippen molar-refractivity contribution in [2.45, 2.75) is 13.8 Å². The van der Waals surface area contributed by atoms with E-state index in [1.807, 2.05) is 6.92 Å². The first-order valence-corrected chi connectivity index (χ1v) is 5.64. The maximum absolute atomic E-state index is 12.0. The molecule has 1 aromatic rings. The van der Waals surface area contributed by atoms with E-state index < -0.39 is 0 Å². The van der Waals surface area contributed by atoms with Crippen molar-refractivity contribution in [2.75, 3.05) is 26.2 Å². The Morgan fingerprint density at radius 3 is 2.24 bits per heavy atom. The SMILES string of the molecule is CC(=O)N1CCN(C(=O)n2cc(C)cn2)CC1. The maximum atomic E-state index is 12.0. The topological polar surface area (TPSA) is 58.4 Å². The van der Waals surface area contributed by atoms with Crippen LogP contribution in [0.4, 0.5) is 4.79 Å². The van der Waals surface area contributed by atoms with Gasteiger partial charge in [-0.25, -0.2) is 4.79 Å². The fourth-order valence-electron chi connectivity index (χ4n) is 1.87. The van der Waals surface area contributed by atoms with Gasteiger partial charge in [0.2, 0.25) is 5.91 Å². The number of hydrogen-bond donors (Lipinski definition) is 0. The summed E-state index contributed by atoms with van der Waals surface area (Å²) in [4.78, 5) is 26.6. The van der Waals surface area contributed by atoms with Crippen LogP contribution in [0.5, 0.6) is 0 Å². The van der Waals surface area contributed by atoms with Crippen LogP contribution in [0, 0.1) is 6.92 Å². The predicted octanol–water partition coefficient (Wildman–Crippen LogP) is 0.324. The van der Waals surface area contributed by atoms with Crippen molar-refractivity contribution >= 4 is 11.9 Å². The lowest BCUT2D eigenvalue weighted by molar-refractivity contribution is -0.130. The van der Waals surface area contributed by atoms with E-state index in [1.54, 1.807) is 29.1 Å². The van der Waals surface area contributed by atoms with E-state index in [1.165, 1.54) is 4.68 Å². The van der Waals surface area contributed by atoms with Crippen LogP contribution in [0.3, 0.4) is 0 Å². The van der Waals surface area contributed by atoms with Gasteiger partial charge in [0.1, 0.15) is 0 Å². The lowest BCUT2D eigenvalue weighted by atomic mass is 10.3. The van der Waals surface area contributed by atoms with E-state index in [2.05, 4.69) is 5.10 Å². The average molecular weight is 236 g/mol. The summed E-state index contributed by atoms with van der Waals surface area (Å²) < 4.78 is 1.35. The van der Waals surface area contributed by atoms with Crippen molar-refractivity contribution in [3.8, 4) is 0 Å². The molecule has 1 saturated heterocycles. The number of carbonyl (C=O) groups excluding carboxylic acids is 2. The summed E-state index contributed by atoms with van der Waals surface area (Å²) in [6.07, 6.45) is 3.36. The Labute approximate surface area is 99.8 Å². The highest BCUT2D eigenvalue weighted by atomic mass is 16.2. The molecule has 0 spiro atoms. The number of aryl methyl sites for hydroxylation is 1. The van der Waals surface area contributed by atoms with E-state index in [9.17, 15) is 9.59 Å². The molecule has 0 aliphatic carbocycles. The van der Waals surface area contributed by atoms with Gasteiger partial charge in [0.25, 0.3) is 0 Å². The third-order valence-electron chi connectivity index (χ3n) is 2.90. The molecule has 1 aliphatic rings. The molecular weight excluding hydrogens is 220 g/mol. The lowest BCUT2D eigenvalue weighted by Gasteiger charge is -2.33. The van der Waals surface area contributed by atoms with Crippen LogP contribution in [0.2, 0.25) is 0 Å². The summed E-state index contributed by atoms with van der Waals surface area (Å²) in [6.45, 7) is 5.77. The zero-order chi connectivity index (χ0) is 12.4. The van der Waals surface area contributed by atoms with Gasteiger partial charge in [0, 0.05) is 39.3 Å². The average Bonchev–Trinajstić information content (AvgIpc) is 2.75. The van der Waals surface area contributed by atoms with Gasteiger partial charge in [-0.05, 0) is 12.5 Å². The zero-order valence-electron chi connectivity index (χ0n) is 10.1. The fourth-order valence-corrected chi connectivity index (χ4v) is 1.87. The number of aromatic nitrogens is 2. The van der Waals surface area contributed by atoms with Crippen LogP contribution < -0.4 is 0 Å².